The highest BCUT2D eigenvalue weighted by Gasteiger charge is 2.37. The highest BCUT2D eigenvalue weighted by atomic mass is 32.1. The number of piperazine rings is 1. The van der Waals surface area contributed by atoms with Gasteiger partial charge in [0.05, 0.1) is 44.5 Å². The molecule has 137 heavy (non-hydrogen) atoms. The lowest BCUT2D eigenvalue weighted by molar-refractivity contribution is -0.134. The molecule has 0 aromatic carbocycles. The van der Waals surface area contributed by atoms with Crippen LogP contribution in [0.15, 0.2) is 38.0 Å². The van der Waals surface area contributed by atoms with E-state index in [1.54, 1.807) is 53.9 Å². The van der Waals surface area contributed by atoms with Gasteiger partial charge >= 0.3 is 0 Å². The quantitative estimate of drug-likeness (QED) is 0.0382. The molecule has 7 unspecified atom stereocenters. The van der Waals surface area contributed by atoms with Crippen molar-refractivity contribution in [1.82, 2.24) is 70.2 Å². The standard InChI is InChI=1S/C18H24N4O2S.C18H26N4S.C17H22N4OS.C17H24N4S.2C17H23N3OS/c1-2-11-3-4-13-14(9-11)25-18-15(13)16(19-10-20-18)22-7-5-12(6-8-22)17(23)21-24;1-18(2)8-7-14-13(9-18)15-16(20-10-21-17(15)23-14)22-12-5-3-11(19)4-6-12;1-10-2-3-13-12(8-10)14-16(19-9-20-17(14)23-13)21-6-4-11(5-7-21)15(18)22;1-3-12-4-5-13-14(10-12)22-17-15(13)16(18-11-19-17)21-8-6-20(2)7-9-21;1-10-2-7-14-13(8-10)15-16(18-9-19-17(15)22-14)20-11-3-5-12(21)6-4-11;1-10-5-6-14-13(7-10)15-16(18-9-19-17(15)22-14)20-11-3-2-4-12(21)8-11/h10-12,24H,2-9H2,1H3,(H,21,23);10-12H,3-9,19H2,1-2H3,(H,20,21,22);9-11H,2-8H2,1H3,(H2,18,22);11-12H,3-10H2,1-2H3;2*9-12,21H,2-8H2,1H3,(H,18,19,20). The van der Waals surface area contributed by atoms with E-state index in [1.165, 1.54) is 191 Å². The lowest BCUT2D eigenvalue weighted by Gasteiger charge is -2.33. The number of anilines is 6. The summed E-state index contributed by atoms with van der Waals surface area (Å²) in [7, 11) is 2.20. The van der Waals surface area contributed by atoms with E-state index in [0.29, 0.717) is 29.6 Å². The van der Waals surface area contributed by atoms with Crippen LogP contribution in [0.2, 0.25) is 0 Å². The van der Waals surface area contributed by atoms with Crippen LogP contribution in [0.3, 0.4) is 0 Å². The summed E-state index contributed by atoms with van der Waals surface area (Å²) in [6, 6.07) is 1.64. The van der Waals surface area contributed by atoms with Gasteiger partial charge in [-0.3, -0.25) is 14.8 Å². The van der Waals surface area contributed by atoms with Crippen molar-refractivity contribution < 1.29 is 25.0 Å². The molecule has 0 radical (unpaired) electrons. The van der Waals surface area contributed by atoms with Crippen LogP contribution in [0.25, 0.3) is 61.3 Å². The lowest BCUT2D eigenvalue weighted by atomic mass is 9.76. The normalized spacial score (nSPS) is 25.0. The van der Waals surface area contributed by atoms with Gasteiger partial charge in [-0.05, 0) is 294 Å². The summed E-state index contributed by atoms with van der Waals surface area (Å²) in [4.78, 5) is 103. The number of thiophene rings is 6. The predicted molar refractivity (Wildman–Crippen MR) is 562 cm³/mol. The third kappa shape index (κ3) is 22.2. The number of nitrogens with one attached hydrogen (secondary N) is 4. The Morgan fingerprint density at radius 1 is 0.401 bits per heavy atom. The monoisotopic (exact) mass is 1970 g/mol. The fourth-order valence-corrected chi connectivity index (χ4v) is 30.8. The highest BCUT2D eigenvalue weighted by molar-refractivity contribution is 7.20. The van der Waals surface area contributed by atoms with E-state index in [9.17, 15) is 19.8 Å². The number of primary amides is 1. The SMILES string of the molecule is CC1(C)CCc2sc3ncnc(NC4CCC(N)CC4)c3c2C1.CC1CCc2sc3ncnc(N4CCC(C(N)=O)CC4)c3c2C1.CC1CCc2sc3ncnc(NC4CCC(O)CC4)c3c2C1.CC1CCc2sc3ncnc(NC4CCCC(O)C4)c3c2C1.CCC1CCc2c(sc3ncnc(N4CCC(C(=O)NO)CC4)c23)C1.CCC1CCc2c(sc3ncnc(N4CCN(C)CC4)c23)C1. The molecule has 12 aliphatic rings. The van der Waals surface area contributed by atoms with Gasteiger partial charge in [-0.2, -0.15) is 0 Å². The number of amides is 2. The minimum atomic E-state index is -0.272. The summed E-state index contributed by atoms with van der Waals surface area (Å²) in [5.74, 6) is 9.66. The Hall–Kier alpha value is -8.22. The Bertz CT molecular complexity index is 6190. The first-order valence-corrected chi connectivity index (χ1v) is 56.5. The van der Waals surface area contributed by atoms with Crippen molar-refractivity contribution in [2.75, 3.05) is 90.1 Å². The van der Waals surface area contributed by atoms with E-state index in [1.807, 2.05) is 68.0 Å². The first-order chi connectivity index (χ1) is 66.5. The van der Waals surface area contributed by atoms with Crippen LogP contribution >= 0.6 is 68.0 Å². The Kier molecular flexibility index (Phi) is 31.1. The third-order valence-electron chi connectivity index (χ3n) is 32.0. The molecule has 12 aromatic heterocycles. The summed E-state index contributed by atoms with van der Waals surface area (Å²) in [5, 5.41) is 47.0. The first-order valence-electron chi connectivity index (χ1n) is 51.6. The van der Waals surface area contributed by atoms with Crippen LogP contribution in [-0.2, 0) is 86.6 Å². The van der Waals surface area contributed by atoms with Crippen molar-refractivity contribution in [3.05, 3.63) is 101 Å². The van der Waals surface area contributed by atoms with Gasteiger partial charge in [0, 0.05) is 118 Å². The second kappa shape index (κ2) is 43.7. The van der Waals surface area contributed by atoms with Crippen molar-refractivity contribution in [2.24, 2.45) is 58.3 Å². The van der Waals surface area contributed by atoms with E-state index in [2.05, 4.69) is 151 Å². The molecule has 11 N–H and O–H groups in total. The Morgan fingerprint density at radius 2 is 0.781 bits per heavy atom. The number of fused-ring (bicyclic) bond motifs is 18. The van der Waals surface area contributed by atoms with Gasteiger partial charge in [0.15, 0.2) is 0 Å². The first kappa shape index (κ1) is 97.6. The number of hydrogen-bond donors (Lipinski definition) is 9. The fraction of sp³-hybridized carbons (Fsp3) is 0.635. The summed E-state index contributed by atoms with van der Waals surface area (Å²) >= 11 is 11.1. The molecule has 3 saturated heterocycles. The minimum absolute atomic E-state index is 0.0139. The molecular formula is C104H142N22O5S6. The molecule has 0 bridgehead atoms. The van der Waals surface area contributed by atoms with Gasteiger partial charge in [-0.15, -0.1) is 68.0 Å². The molecular weight excluding hydrogens is 1830 g/mol. The number of piperidine rings is 2. The number of aromatic nitrogens is 12. The van der Waals surface area contributed by atoms with Gasteiger partial charge in [-0.25, -0.2) is 65.3 Å². The topological polar surface area (TPSA) is 363 Å². The molecule has 12 aromatic rings. The van der Waals surface area contributed by atoms with Crippen molar-refractivity contribution >= 4 is 176 Å². The molecule has 24 rings (SSSR count). The van der Waals surface area contributed by atoms with E-state index in [-0.39, 0.29) is 35.9 Å². The minimum Gasteiger partial charge on any atom is -0.393 e. The Labute approximate surface area is 830 Å². The maximum atomic E-state index is 11.6. The molecule has 734 valence electrons. The van der Waals surface area contributed by atoms with E-state index < -0.39 is 0 Å². The molecule has 2 amide bonds. The lowest BCUT2D eigenvalue weighted by Crippen LogP contribution is -2.44. The second-order valence-corrected chi connectivity index (χ2v) is 49.0. The summed E-state index contributed by atoms with van der Waals surface area (Å²) in [6.07, 6.45) is 49.6. The molecule has 0 spiro atoms. The smallest absolute Gasteiger partial charge is 0.246 e. The number of hydrogen-bond acceptors (Lipinski definition) is 31. The van der Waals surface area contributed by atoms with Gasteiger partial charge in [0.2, 0.25) is 11.8 Å². The Morgan fingerprint density at radius 3 is 1.21 bits per heavy atom. The van der Waals surface area contributed by atoms with Gasteiger partial charge in [0.25, 0.3) is 0 Å². The highest BCUT2D eigenvalue weighted by Crippen LogP contribution is 2.50. The zero-order valence-corrected chi connectivity index (χ0v) is 86.4. The number of aryl methyl sites for hydroxylation is 6. The molecule has 7 atom stereocenters. The van der Waals surface area contributed by atoms with Crippen LogP contribution in [0.5, 0.6) is 0 Å². The number of aliphatic hydroxyl groups excluding tert-OH is 2. The summed E-state index contributed by atoms with van der Waals surface area (Å²) < 4.78 is 0. The molecule has 3 aliphatic heterocycles. The zero-order valence-electron chi connectivity index (χ0n) is 81.5. The maximum absolute atomic E-state index is 11.6. The van der Waals surface area contributed by atoms with E-state index in [4.69, 9.17) is 16.7 Å². The molecule has 15 heterocycles. The largest absolute Gasteiger partial charge is 0.393 e. The van der Waals surface area contributed by atoms with Crippen molar-refractivity contribution in [3.63, 3.8) is 0 Å². The van der Waals surface area contributed by atoms with Gasteiger partial charge < -0.3 is 57.2 Å². The number of rotatable bonds is 13. The molecule has 6 fully saturated rings. The van der Waals surface area contributed by atoms with Crippen LogP contribution < -0.4 is 47.6 Å². The van der Waals surface area contributed by atoms with E-state index >= 15 is 0 Å². The third-order valence-corrected chi connectivity index (χ3v) is 39.1. The number of likely N-dealkylation sites (N-methyl/N-ethyl adjacent to an activating group) is 1. The second-order valence-electron chi connectivity index (χ2n) is 42.5. The number of carbonyl (C=O) groups is 2. The van der Waals surface area contributed by atoms with Crippen LogP contribution in [0, 0.1) is 46.8 Å². The van der Waals surface area contributed by atoms with Gasteiger partial charge in [0.1, 0.15) is 102 Å². The summed E-state index contributed by atoms with van der Waals surface area (Å²) in [5.41, 5.74) is 22.6. The maximum Gasteiger partial charge on any atom is 0.246 e. The Balaban J connectivity index is 0.000000105. The average molecular weight is 1970 g/mol. The van der Waals surface area contributed by atoms with Gasteiger partial charge in [-0.1, -0.05) is 61.3 Å². The van der Waals surface area contributed by atoms with Crippen molar-refractivity contribution in [3.8, 4) is 0 Å². The van der Waals surface area contributed by atoms with Crippen LogP contribution in [0.1, 0.15) is 265 Å². The number of carbonyl (C=O) groups excluding carboxylic acids is 2. The molecule has 33 heteroatoms. The number of hydroxylamine groups is 1. The summed E-state index contributed by atoms with van der Waals surface area (Å²) in [6.45, 7) is 24.0. The molecule has 3 saturated carbocycles. The van der Waals surface area contributed by atoms with Crippen molar-refractivity contribution in [2.45, 2.75) is 316 Å². The molecule has 9 aliphatic carbocycles. The number of aliphatic hydroxyl groups is 2. The average Bonchev–Trinajstić information content (AvgIpc) is 1.74. The number of nitrogens with zero attached hydrogens (tertiary/aromatic N) is 16. The number of nitrogens with two attached hydrogens (primary N) is 2. The van der Waals surface area contributed by atoms with Crippen molar-refractivity contribution in [1.29, 1.82) is 0 Å². The van der Waals surface area contributed by atoms with Crippen LogP contribution in [-0.4, -0.2) is 188 Å². The fourth-order valence-electron chi connectivity index (χ4n) is 23.5. The van der Waals surface area contributed by atoms with E-state index in [0.717, 1.165) is 270 Å². The zero-order chi connectivity index (χ0) is 94.7. The van der Waals surface area contributed by atoms with Crippen LogP contribution in [0.4, 0.5) is 34.9 Å². The predicted octanol–water partition coefficient (Wildman–Crippen LogP) is 19.4. The molecule has 27 nitrogen and oxygen atoms in total.